The van der Waals surface area contributed by atoms with Crippen molar-refractivity contribution in [2.45, 2.75) is 6.92 Å². The standard InChI is InChI=1S/C19H12F3NO2/c1-11-5-7-14(20)17(9-11)25-19-12(10-24)6-8-16(23-19)13-3-2-4-15(21)18(13)22/h2-10H,1H3. The molecule has 0 amide bonds. The molecule has 0 unspecified atom stereocenters. The molecule has 0 bridgehead atoms. The van der Waals surface area contributed by atoms with Gasteiger partial charge in [-0.15, -0.1) is 0 Å². The van der Waals surface area contributed by atoms with E-state index in [-0.39, 0.29) is 28.5 Å². The second-order valence-corrected chi connectivity index (χ2v) is 5.35. The lowest BCUT2D eigenvalue weighted by Crippen LogP contribution is -1.99. The number of ether oxygens (including phenoxy) is 1. The first-order valence-corrected chi connectivity index (χ1v) is 7.34. The first kappa shape index (κ1) is 16.7. The molecule has 0 aliphatic carbocycles. The van der Waals surface area contributed by atoms with Crippen LogP contribution in [0.2, 0.25) is 0 Å². The van der Waals surface area contributed by atoms with Crippen LogP contribution in [0, 0.1) is 24.4 Å². The monoisotopic (exact) mass is 343 g/mol. The van der Waals surface area contributed by atoms with Gasteiger partial charge in [0.05, 0.1) is 11.3 Å². The number of benzene rings is 2. The Hall–Kier alpha value is -3.15. The molecule has 0 fully saturated rings. The van der Waals surface area contributed by atoms with Crippen molar-refractivity contribution < 1.29 is 22.7 Å². The summed E-state index contributed by atoms with van der Waals surface area (Å²) in [7, 11) is 0. The van der Waals surface area contributed by atoms with Crippen LogP contribution in [0.4, 0.5) is 13.2 Å². The summed E-state index contributed by atoms with van der Waals surface area (Å²) in [5.74, 6) is -3.03. The molecule has 0 saturated carbocycles. The van der Waals surface area contributed by atoms with E-state index in [1.807, 2.05) is 0 Å². The maximum Gasteiger partial charge on any atom is 0.230 e. The van der Waals surface area contributed by atoms with Crippen molar-refractivity contribution >= 4 is 6.29 Å². The topological polar surface area (TPSA) is 39.2 Å². The van der Waals surface area contributed by atoms with Crippen molar-refractivity contribution in [2.24, 2.45) is 0 Å². The lowest BCUT2D eigenvalue weighted by molar-refractivity contribution is 0.112. The molecular formula is C19H12F3NO2. The van der Waals surface area contributed by atoms with Crippen LogP contribution in [0.15, 0.2) is 48.5 Å². The summed E-state index contributed by atoms with van der Waals surface area (Å²) >= 11 is 0. The molecule has 3 nitrogen and oxygen atoms in total. The third-order valence-electron chi connectivity index (χ3n) is 3.54. The van der Waals surface area contributed by atoms with Gasteiger partial charge in [0.25, 0.3) is 0 Å². The zero-order valence-electron chi connectivity index (χ0n) is 13.1. The highest BCUT2D eigenvalue weighted by Gasteiger charge is 2.15. The number of halogens is 3. The second-order valence-electron chi connectivity index (χ2n) is 5.35. The predicted molar refractivity (Wildman–Crippen MR) is 86.2 cm³/mol. The molecule has 3 aromatic rings. The van der Waals surface area contributed by atoms with E-state index in [4.69, 9.17) is 4.74 Å². The minimum absolute atomic E-state index is 0.0569. The van der Waals surface area contributed by atoms with Crippen LogP contribution >= 0.6 is 0 Å². The second kappa shape index (κ2) is 6.76. The molecule has 0 spiro atoms. The number of pyridine rings is 1. The average Bonchev–Trinajstić information content (AvgIpc) is 2.60. The number of hydrogen-bond donors (Lipinski definition) is 0. The summed E-state index contributed by atoms with van der Waals surface area (Å²) in [5.41, 5.74) is 0.774. The van der Waals surface area contributed by atoms with Gasteiger partial charge in [-0.2, -0.15) is 0 Å². The number of aryl methyl sites for hydroxylation is 1. The highest BCUT2D eigenvalue weighted by atomic mass is 19.2. The number of aromatic nitrogens is 1. The van der Waals surface area contributed by atoms with E-state index in [2.05, 4.69) is 4.98 Å². The first-order chi connectivity index (χ1) is 12.0. The van der Waals surface area contributed by atoms with Crippen LogP contribution < -0.4 is 4.74 Å². The molecule has 0 atom stereocenters. The number of rotatable bonds is 4. The van der Waals surface area contributed by atoms with Crippen molar-refractivity contribution in [2.75, 3.05) is 0 Å². The largest absolute Gasteiger partial charge is 0.435 e. The third kappa shape index (κ3) is 3.38. The van der Waals surface area contributed by atoms with Crippen LogP contribution in [-0.4, -0.2) is 11.3 Å². The van der Waals surface area contributed by atoms with E-state index in [1.54, 1.807) is 13.0 Å². The Balaban J connectivity index is 2.08. The summed E-state index contributed by atoms with van der Waals surface area (Å²) in [6, 6.07) is 10.6. The van der Waals surface area contributed by atoms with Crippen LogP contribution in [0.1, 0.15) is 15.9 Å². The molecule has 126 valence electrons. The number of aldehydes is 1. The Morgan fingerprint density at radius 1 is 1.00 bits per heavy atom. The van der Waals surface area contributed by atoms with Crippen molar-refractivity contribution in [3.05, 3.63) is 77.1 Å². The Morgan fingerprint density at radius 3 is 2.56 bits per heavy atom. The van der Waals surface area contributed by atoms with Crippen LogP contribution in [0.5, 0.6) is 11.6 Å². The van der Waals surface area contributed by atoms with E-state index in [0.29, 0.717) is 6.29 Å². The minimum atomic E-state index is -1.07. The van der Waals surface area contributed by atoms with Gasteiger partial charge < -0.3 is 4.74 Å². The quantitative estimate of drug-likeness (QED) is 0.620. The zero-order chi connectivity index (χ0) is 18.0. The predicted octanol–water partition coefficient (Wildman–Crippen LogP) is 5.08. The van der Waals surface area contributed by atoms with E-state index in [9.17, 15) is 18.0 Å². The average molecular weight is 343 g/mol. The maximum atomic E-state index is 14.0. The van der Waals surface area contributed by atoms with Crippen molar-refractivity contribution in [1.29, 1.82) is 0 Å². The van der Waals surface area contributed by atoms with Gasteiger partial charge in [-0.05, 0) is 48.9 Å². The van der Waals surface area contributed by atoms with E-state index in [1.165, 1.54) is 36.4 Å². The molecule has 1 aromatic heterocycles. The van der Waals surface area contributed by atoms with E-state index >= 15 is 0 Å². The molecular weight excluding hydrogens is 331 g/mol. The molecule has 1 heterocycles. The van der Waals surface area contributed by atoms with Gasteiger partial charge in [0, 0.05) is 5.56 Å². The number of carbonyl (C=O) groups is 1. The summed E-state index contributed by atoms with van der Waals surface area (Å²) in [6.45, 7) is 1.75. The minimum Gasteiger partial charge on any atom is -0.435 e. The van der Waals surface area contributed by atoms with Gasteiger partial charge in [0.15, 0.2) is 29.5 Å². The smallest absolute Gasteiger partial charge is 0.230 e. The van der Waals surface area contributed by atoms with Crippen molar-refractivity contribution in [3.8, 4) is 22.9 Å². The molecule has 0 radical (unpaired) electrons. The molecule has 6 heteroatoms. The number of hydrogen-bond acceptors (Lipinski definition) is 3. The highest BCUT2D eigenvalue weighted by molar-refractivity contribution is 5.79. The zero-order valence-corrected chi connectivity index (χ0v) is 13.1. The Kier molecular flexibility index (Phi) is 4.52. The Bertz CT molecular complexity index is 957. The fraction of sp³-hybridized carbons (Fsp3) is 0.0526. The summed E-state index contributed by atoms with van der Waals surface area (Å²) in [5, 5.41) is 0. The SMILES string of the molecule is Cc1ccc(F)c(Oc2nc(-c3cccc(F)c3F)ccc2C=O)c1. The third-order valence-corrected chi connectivity index (χ3v) is 3.54. The summed E-state index contributed by atoms with van der Waals surface area (Å²) in [4.78, 5) is 15.2. The van der Waals surface area contributed by atoms with Crippen LogP contribution in [0.25, 0.3) is 11.3 Å². The molecule has 2 aromatic carbocycles. The molecule has 3 rings (SSSR count). The van der Waals surface area contributed by atoms with Crippen molar-refractivity contribution in [3.63, 3.8) is 0 Å². The van der Waals surface area contributed by atoms with E-state index < -0.39 is 17.5 Å². The van der Waals surface area contributed by atoms with Gasteiger partial charge in [-0.3, -0.25) is 4.79 Å². The molecule has 0 N–H and O–H groups in total. The van der Waals surface area contributed by atoms with E-state index in [0.717, 1.165) is 11.6 Å². The lowest BCUT2D eigenvalue weighted by Gasteiger charge is -2.11. The molecule has 0 saturated heterocycles. The summed E-state index contributed by atoms with van der Waals surface area (Å²) in [6.07, 6.45) is 0.488. The number of nitrogens with zero attached hydrogens (tertiary/aromatic N) is 1. The molecule has 25 heavy (non-hydrogen) atoms. The summed E-state index contributed by atoms with van der Waals surface area (Å²) < 4.78 is 46.7. The van der Waals surface area contributed by atoms with Gasteiger partial charge in [-0.1, -0.05) is 12.1 Å². The first-order valence-electron chi connectivity index (χ1n) is 7.34. The Morgan fingerprint density at radius 2 is 1.80 bits per heavy atom. The number of carbonyl (C=O) groups excluding carboxylic acids is 1. The normalized spacial score (nSPS) is 10.6. The van der Waals surface area contributed by atoms with Gasteiger partial charge in [0.1, 0.15) is 0 Å². The fourth-order valence-electron chi connectivity index (χ4n) is 2.27. The van der Waals surface area contributed by atoms with Crippen LogP contribution in [-0.2, 0) is 0 Å². The lowest BCUT2D eigenvalue weighted by atomic mass is 10.1. The van der Waals surface area contributed by atoms with Gasteiger partial charge in [0.2, 0.25) is 5.88 Å². The van der Waals surface area contributed by atoms with Crippen molar-refractivity contribution in [1.82, 2.24) is 4.98 Å². The molecule has 0 aliphatic heterocycles. The maximum absolute atomic E-state index is 14.0. The van der Waals surface area contributed by atoms with Gasteiger partial charge in [-0.25, -0.2) is 18.2 Å². The fourth-order valence-corrected chi connectivity index (χ4v) is 2.27. The van der Waals surface area contributed by atoms with Crippen LogP contribution in [0.3, 0.4) is 0 Å². The van der Waals surface area contributed by atoms with Gasteiger partial charge >= 0.3 is 0 Å². The molecule has 0 aliphatic rings. The highest BCUT2D eigenvalue weighted by Crippen LogP contribution is 2.30. The Labute approximate surface area is 141 Å².